The molecule has 0 radical (unpaired) electrons. The van der Waals surface area contributed by atoms with E-state index in [9.17, 15) is 4.79 Å². The van der Waals surface area contributed by atoms with Gasteiger partial charge in [-0.2, -0.15) is 0 Å². The van der Waals surface area contributed by atoms with E-state index in [1.54, 1.807) is 18.7 Å². The molecular formula is C14H20ClNO2S. The van der Waals surface area contributed by atoms with E-state index < -0.39 is 0 Å². The van der Waals surface area contributed by atoms with E-state index in [2.05, 4.69) is 5.32 Å². The molecule has 1 aromatic rings. The van der Waals surface area contributed by atoms with Crippen LogP contribution in [0.5, 0.6) is 0 Å². The summed E-state index contributed by atoms with van der Waals surface area (Å²) in [7, 11) is 0. The van der Waals surface area contributed by atoms with E-state index in [0.29, 0.717) is 12.3 Å². The van der Waals surface area contributed by atoms with Crippen LogP contribution in [0.3, 0.4) is 0 Å². The van der Waals surface area contributed by atoms with Crippen LogP contribution in [0.1, 0.15) is 25.3 Å². The summed E-state index contributed by atoms with van der Waals surface area (Å²) in [6, 6.07) is 7.66. The number of halogens is 1. The number of thioether (sulfide) groups is 1. The Balaban J connectivity index is 2.10. The van der Waals surface area contributed by atoms with Gasteiger partial charge in [0.1, 0.15) is 0 Å². The van der Waals surface area contributed by atoms with Gasteiger partial charge in [-0.15, -0.1) is 11.8 Å². The Morgan fingerprint density at radius 2 is 2.32 bits per heavy atom. The monoisotopic (exact) mass is 301 g/mol. The lowest BCUT2D eigenvalue weighted by Gasteiger charge is -2.06. The highest BCUT2D eigenvalue weighted by atomic mass is 35.5. The zero-order chi connectivity index (χ0) is 14.1. The molecule has 0 aromatic heterocycles. The first-order valence-electron chi connectivity index (χ1n) is 6.35. The van der Waals surface area contributed by atoms with Crippen molar-refractivity contribution in [1.29, 1.82) is 0 Å². The van der Waals surface area contributed by atoms with Gasteiger partial charge in [0.05, 0.1) is 11.9 Å². The maximum Gasteiger partial charge on any atom is 0.230 e. The van der Waals surface area contributed by atoms with E-state index in [1.165, 1.54) is 0 Å². The van der Waals surface area contributed by atoms with Crippen molar-refractivity contribution in [2.24, 2.45) is 0 Å². The number of hydrogen-bond donors (Lipinski definition) is 2. The second-order valence-electron chi connectivity index (χ2n) is 4.46. The third kappa shape index (κ3) is 8.14. The molecule has 1 aromatic carbocycles. The number of aliphatic hydroxyl groups is 1. The lowest BCUT2D eigenvalue weighted by Crippen LogP contribution is -2.26. The third-order valence-electron chi connectivity index (χ3n) is 2.51. The molecule has 106 valence electrons. The third-order valence-corrected chi connectivity index (χ3v) is 3.75. The molecule has 0 heterocycles. The largest absolute Gasteiger partial charge is 0.393 e. The molecule has 3 nitrogen and oxygen atoms in total. The summed E-state index contributed by atoms with van der Waals surface area (Å²) in [5.41, 5.74) is 1.12. The predicted octanol–water partition coefficient (Wildman–Crippen LogP) is 2.85. The van der Waals surface area contributed by atoms with E-state index in [4.69, 9.17) is 16.7 Å². The summed E-state index contributed by atoms with van der Waals surface area (Å²) >= 11 is 7.45. The molecule has 1 rings (SSSR count). The Kier molecular flexibility index (Phi) is 7.94. The summed E-state index contributed by atoms with van der Waals surface area (Å²) in [5, 5.41) is 12.6. The molecule has 19 heavy (non-hydrogen) atoms. The SMILES string of the molecule is CC(O)CCCNC(=O)CSCc1cccc(Cl)c1. The summed E-state index contributed by atoms with van der Waals surface area (Å²) in [5.74, 6) is 1.26. The number of aliphatic hydroxyl groups excluding tert-OH is 1. The molecule has 1 atom stereocenters. The van der Waals surface area contributed by atoms with Crippen molar-refractivity contribution in [3.05, 3.63) is 34.9 Å². The molecule has 0 saturated heterocycles. The molecule has 0 saturated carbocycles. The van der Waals surface area contributed by atoms with Crippen LogP contribution in [0.2, 0.25) is 5.02 Å². The molecule has 0 aliphatic heterocycles. The minimum Gasteiger partial charge on any atom is -0.393 e. The Bertz CT molecular complexity index is 399. The average Bonchev–Trinajstić information content (AvgIpc) is 2.34. The molecule has 0 bridgehead atoms. The highest BCUT2D eigenvalue weighted by molar-refractivity contribution is 7.99. The predicted molar refractivity (Wildman–Crippen MR) is 81.5 cm³/mol. The van der Waals surface area contributed by atoms with Crippen LogP contribution in [0.4, 0.5) is 0 Å². The Labute approximate surface area is 123 Å². The summed E-state index contributed by atoms with van der Waals surface area (Å²) in [6.45, 7) is 2.38. The van der Waals surface area contributed by atoms with Crippen molar-refractivity contribution < 1.29 is 9.90 Å². The quantitative estimate of drug-likeness (QED) is 0.726. The normalized spacial score (nSPS) is 12.2. The second kappa shape index (κ2) is 9.23. The van der Waals surface area contributed by atoms with Crippen molar-refractivity contribution in [3.63, 3.8) is 0 Å². The number of benzene rings is 1. The van der Waals surface area contributed by atoms with Gasteiger partial charge in [0.25, 0.3) is 0 Å². The molecule has 5 heteroatoms. The Morgan fingerprint density at radius 3 is 3.00 bits per heavy atom. The maximum atomic E-state index is 11.5. The van der Waals surface area contributed by atoms with Gasteiger partial charge in [0, 0.05) is 17.3 Å². The van der Waals surface area contributed by atoms with Gasteiger partial charge < -0.3 is 10.4 Å². The average molecular weight is 302 g/mol. The van der Waals surface area contributed by atoms with E-state index in [1.807, 2.05) is 24.3 Å². The summed E-state index contributed by atoms with van der Waals surface area (Å²) in [4.78, 5) is 11.5. The van der Waals surface area contributed by atoms with Gasteiger partial charge in [-0.3, -0.25) is 4.79 Å². The summed E-state index contributed by atoms with van der Waals surface area (Å²) < 4.78 is 0. The first-order valence-corrected chi connectivity index (χ1v) is 7.88. The number of hydrogen-bond acceptors (Lipinski definition) is 3. The van der Waals surface area contributed by atoms with Crippen molar-refractivity contribution in [2.45, 2.75) is 31.6 Å². The maximum absolute atomic E-state index is 11.5. The van der Waals surface area contributed by atoms with Crippen LogP contribution in [-0.4, -0.2) is 29.4 Å². The van der Waals surface area contributed by atoms with Crippen LogP contribution >= 0.6 is 23.4 Å². The first kappa shape index (κ1) is 16.3. The number of nitrogens with one attached hydrogen (secondary N) is 1. The van der Waals surface area contributed by atoms with Gasteiger partial charge in [-0.1, -0.05) is 23.7 Å². The summed E-state index contributed by atoms with van der Waals surface area (Å²) in [6.07, 6.45) is 1.23. The molecule has 0 aliphatic carbocycles. The van der Waals surface area contributed by atoms with Crippen LogP contribution in [-0.2, 0) is 10.5 Å². The number of amides is 1. The highest BCUT2D eigenvalue weighted by Gasteiger charge is 2.02. The Hall–Kier alpha value is -0.710. The minimum absolute atomic E-state index is 0.0395. The van der Waals surface area contributed by atoms with Crippen molar-refractivity contribution in [2.75, 3.05) is 12.3 Å². The molecule has 0 spiro atoms. The lowest BCUT2D eigenvalue weighted by molar-refractivity contribution is -0.118. The van der Waals surface area contributed by atoms with E-state index in [-0.39, 0.29) is 12.0 Å². The molecule has 1 amide bonds. The first-order chi connectivity index (χ1) is 9.08. The van der Waals surface area contributed by atoms with Crippen LogP contribution in [0.15, 0.2) is 24.3 Å². The van der Waals surface area contributed by atoms with Gasteiger partial charge in [0.2, 0.25) is 5.91 Å². The smallest absolute Gasteiger partial charge is 0.230 e. The lowest BCUT2D eigenvalue weighted by atomic mass is 10.2. The van der Waals surface area contributed by atoms with Crippen molar-refractivity contribution in [1.82, 2.24) is 5.32 Å². The van der Waals surface area contributed by atoms with Crippen LogP contribution < -0.4 is 5.32 Å². The van der Waals surface area contributed by atoms with Gasteiger partial charge in [-0.25, -0.2) is 0 Å². The zero-order valence-corrected chi connectivity index (χ0v) is 12.6. The van der Waals surface area contributed by atoms with E-state index >= 15 is 0 Å². The molecule has 1 unspecified atom stereocenters. The molecule has 2 N–H and O–H groups in total. The number of rotatable bonds is 8. The fourth-order valence-electron chi connectivity index (χ4n) is 1.56. The standard InChI is InChI=1S/C14H20ClNO2S/c1-11(17)4-3-7-16-14(18)10-19-9-12-5-2-6-13(15)8-12/h2,5-6,8,11,17H,3-4,7,9-10H2,1H3,(H,16,18). The highest BCUT2D eigenvalue weighted by Crippen LogP contribution is 2.16. The Morgan fingerprint density at radius 1 is 1.53 bits per heavy atom. The minimum atomic E-state index is -0.297. The fourth-order valence-corrected chi connectivity index (χ4v) is 2.58. The van der Waals surface area contributed by atoms with Crippen LogP contribution in [0, 0.1) is 0 Å². The number of carbonyl (C=O) groups is 1. The topological polar surface area (TPSA) is 49.3 Å². The molecule has 0 aliphatic rings. The van der Waals surface area contributed by atoms with Crippen molar-refractivity contribution in [3.8, 4) is 0 Å². The second-order valence-corrected chi connectivity index (χ2v) is 5.89. The fraction of sp³-hybridized carbons (Fsp3) is 0.500. The van der Waals surface area contributed by atoms with Crippen molar-refractivity contribution >= 4 is 29.3 Å². The molecular weight excluding hydrogens is 282 g/mol. The zero-order valence-electron chi connectivity index (χ0n) is 11.1. The van der Waals surface area contributed by atoms with Gasteiger partial charge >= 0.3 is 0 Å². The van der Waals surface area contributed by atoms with Crippen LogP contribution in [0.25, 0.3) is 0 Å². The molecule has 0 fully saturated rings. The van der Waals surface area contributed by atoms with E-state index in [0.717, 1.165) is 29.2 Å². The van der Waals surface area contributed by atoms with Gasteiger partial charge in [-0.05, 0) is 37.5 Å². The van der Waals surface area contributed by atoms with Gasteiger partial charge in [0.15, 0.2) is 0 Å². The number of carbonyl (C=O) groups excluding carboxylic acids is 1.